The maximum absolute atomic E-state index is 11.8. The van der Waals surface area contributed by atoms with Crippen LogP contribution in [-0.2, 0) is 11.2 Å². The number of hydrogen-bond acceptors (Lipinski definition) is 5. The molecule has 0 amide bonds. The van der Waals surface area contributed by atoms with Crippen molar-refractivity contribution in [2.45, 2.75) is 6.42 Å². The zero-order valence-electron chi connectivity index (χ0n) is 11.6. The first kappa shape index (κ1) is 14.7. The molecule has 0 aromatic heterocycles. The molecule has 0 aliphatic heterocycles. The van der Waals surface area contributed by atoms with Gasteiger partial charge in [0.05, 0.1) is 13.7 Å². The molecule has 0 aliphatic rings. The molecule has 0 bridgehead atoms. The molecule has 0 saturated heterocycles. The zero-order chi connectivity index (χ0) is 15.2. The lowest BCUT2D eigenvalue weighted by Gasteiger charge is -2.07. The van der Waals surface area contributed by atoms with Crippen molar-refractivity contribution in [1.82, 2.24) is 0 Å². The third kappa shape index (κ3) is 3.89. The second-order valence-corrected chi connectivity index (χ2v) is 4.44. The number of hydrogen-bond donors (Lipinski definition) is 2. The number of carbonyl (C=O) groups is 1. The lowest BCUT2D eigenvalue weighted by molar-refractivity contribution is 0.0506. The third-order valence-corrected chi connectivity index (χ3v) is 2.98. The van der Waals surface area contributed by atoms with Gasteiger partial charge in [-0.3, -0.25) is 0 Å². The topological polar surface area (TPSA) is 76.0 Å². The molecule has 0 unspecified atom stereocenters. The zero-order valence-corrected chi connectivity index (χ0v) is 11.6. The van der Waals surface area contributed by atoms with E-state index in [-0.39, 0.29) is 23.7 Å². The first-order chi connectivity index (χ1) is 10.1. The Bertz CT molecular complexity index is 619. The summed E-state index contributed by atoms with van der Waals surface area (Å²) in [6, 6.07) is 11.2. The van der Waals surface area contributed by atoms with Gasteiger partial charge < -0.3 is 19.7 Å². The maximum Gasteiger partial charge on any atom is 0.341 e. The van der Waals surface area contributed by atoms with Crippen LogP contribution in [0.3, 0.4) is 0 Å². The van der Waals surface area contributed by atoms with Crippen LogP contribution in [-0.4, -0.2) is 29.9 Å². The quantitative estimate of drug-likeness (QED) is 0.827. The molecule has 5 nitrogen and oxygen atoms in total. The van der Waals surface area contributed by atoms with Gasteiger partial charge in [-0.05, 0) is 29.8 Å². The van der Waals surface area contributed by atoms with Crippen molar-refractivity contribution in [3.63, 3.8) is 0 Å². The number of rotatable bonds is 5. The Morgan fingerprint density at radius 3 is 2.43 bits per heavy atom. The summed E-state index contributed by atoms with van der Waals surface area (Å²) < 4.78 is 10.2. The highest BCUT2D eigenvalue weighted by molar-refractivity contribution is 5.92. The van der Waals surface area contributed by atoms with Gasteiger partial charge in [0.1, 0.15) is 22.8 Å². The fraction of sp³-hybridized carbons (Fsp3) is 0.188. The van der Waals surface area contributed by atoms with Crippen molar-refractivity contribution < 1.29 is 24.5 Å². The Kier molecular flexibility index (Phi) is 4.66. The predicted molar refractivity (Wildman–Crippen MR) is 76.8 cm³/mol. The van der Waals surface area contributed by atoms with E-state index in [4.69, 9.17) is 14.6 Å². The second-order valence-electron chi connectivity index (χ2n) is 4.44. The van der Waals surface area contributed by atoms with Gasteiger partial charge in [-0.25, -0.2) is 4.79 Å². The summed E-state index contributed by atoms with van der Waals surface area (Å²) in [6.07, 6.45) is 0.564. The summed E-state index contributed by atoms with van der Waals surface area (Å²) in [6.45, 7) is 0.200. The van der Waals surface area contributed by atoms with Crippen LogP contribution < -0.4 is 4.74 Å². The van der Waals surface area contributed by atoms with Crippen LogP contribution in [0.25, 0.3) is 0 Å². The van der Waals surface area contributed by atoms with Crippen molar-refractivity contribution in [2.75, 3.05) is 13.7 Å². The highest BCUT2D eigenvalue weighted by atomic mass is 16.5. The Morgan fingerprint density at radius 2 is 1.81 bits per heavy atom. The average molecular weight is 288 g/mol. The van der Waals surface area contributed by atoms with E-state index in [1.54, 1.807) is 7.11 Å². The van der Waals surface area contributed by atoms with Crippen molar-refractivity contribution >= 4 is 5.97 Å². The fourth-order valence-electron chi connectivity index (χ4n) is 1.82. The first-order valence-electron chi connectivity index (χ1n) is 6.42. The molecule has 0 saturated carbocycles. The minimum absolute atomic E-state index is 0.0301. The molecule has 0 heterocycles. The van der Waals surface area contributed by atoms with Gasteiger partial charge in [0, 0.05) is 12.5 Å². The summed E-state index contributed by atoms with van der Waals surface area (Å²) in [5, 5.41) is 18.7. The molecule has 2 N–H and O–H groups in total. The van der Waals surface area contributed by atoms with E-state index in [1.165, 1.54) is 12.1 Å². The third-order valence-electron chi connectivity index (χ3n) is 2.98. The molecule has 21 heavy (non-hydrogen) atoms. The molecule has 2 rings (SSSR count). The number of esters is 1. The lowest BCUT2D eigenvalue weighted by Crippen LogP contribution is -2.08. The van der Waals surface area contributed by atoms with E-state index in [0.717, 1.165) is 17.4 Å². The van der Waals surface area contributed by atoms with Gasteiger partial charge >= 0.3 is 5.97 Å². The van der Waals surface area contributed by atoms with Gasteiger partial charge in [-0.15, -0.1) is 0 Å². The minimum atomic E-state index is -0.624. The monoisotopic (exact) mass is 288 g/mol. The lowest BCUT2D eigenvalue weighted by atomic mass is 10.1. The molecule has 0 fully saturated rings. The Balaban J connectivity index is 1.88. The van der Waals surface area contributed by atoms with Gasteiger partial charge in [-0.2, -0.15) is 0 Å². The number of benzene rings is 2. The molecule has 2 aromatic rings. The van der Waals surface area contributed by atoms with Crippen molar-refractivity contribution in [3.05, 3.63) is 53.6 Å². The van der Waals surface area contributed by atoms with Crippen molar-refractivity contribution in [1.29, 1.82) is 0 Å². The van der Waals surface area contributed by atoms with Gasteiger partial charge in [0.2, 0.25) is 0 Å². The van der Waals surface area contributed by atoms with Crippen LogP contribution in [0, 0.1) is 0 Å². The molecule has 0 radical (unpaired) electrons. The van der Waals surface area contributed by atoms with E-state index in [1.807, 2.05) is 24.3 Å². The summed E-state index contributed by atoms with van der Waals surface area (Å²) in [5.41, 5.74) is 1.04. The van der Waals surface area contributed by atoms with E-state index >= 15 is 0 Å². The Morgan fingerprint density at radius 1 is 1.10 bits per heavy atom. The van der Waals surface area contributed by atoms with Crippen LogP contribution in [0.1, 0.15) is 15.9 Å². The first-order valence-corrected chi connectivity index (χ1v) is 6.42. The van der Waals surface area contributed by atoms with Crippen LogP contribution in [0.15, 0.2) is 42.5 Å². The van der Waals surface area contributed by atoms with Gasteiger partial charge in [-0.1, -0.05) is 12.1 Å². The number of methoxy groups -OCH3 is 1. The number of aromatic hydroxyl groups is 2. The summed E-state index contributed by atoms with van der Waals surface area (Å²) >= 11 is 0. The fourth-order valence-corrected chi connectivity index (χ4v) is 1.82. The minimum Gasteiger partial charge on any atom is -0.508 e. The standard InChI is InChI=1S/C16H16O5/c1-20-13-5-2-11(3-6-13)8-9-21-16(19)14-7-4-12(17)10-15(14)18/h2-7,10,17-18H,8-9H2,1H3. The molecular weight excluding hydrogens is 272 g/mol. The van der Waals surface area contributed by atoms with Crippen LogP contribution in [0.4, 0.5) is 0 Å². The molecular formula is C16H16O5. The summed E-state index contributed by atoms with van der Waals surface area (Å²) in [4.78, 5) is 11.8. The molecule has 0 aliphatic carbocycles. The molecule has 0 atom stereocenters. The smallest absolute Gasteiger partial charge is 0.341 e. The predicted octanol–water partition coefficient (Wildman–Crippen LogP) is 2.51. The SMILES string of the molecule is COc1ccc(CCOC(=O)c2ccc(O)cc2O)cc1. The van der Waals surface area contributed by atoms with Gasteiger partial charge in [0.25, 0.3) is 0 Å². The van der Waals surface area contributed by atoms with Crippen LogP contribution in [0.5, 0.6) is 17.2 Å². The van der Waals surface area contributed by atoms with E-state index in [0.29, 0.717) is 6.42 Å². The van der Waals surface area contributed by atoms with Crippen molar-refractivity contribution in [3.8, 4) is 17.2 Å². The van der Waals surface area contributed by atoms with Crippen molar-refractivity contribution in [2.24, 2.45) is 0 Å². The normalized spacial score (nSPS) is 10.1. The highest BCUT2D eigenvalue weighted by Gasteiger charge is 2.12. The number of phenolic OH excluding ortho intramolecular Hbond substituents is 2. The average Bonchev–Trinajstić information content (AvgIpc) is 2.47. The second kappa shape index (κ2) is 6.65. The number of ether oxygens (including phenoxy) is 2. The summed E-state index contributed by atoms with van der Waals surface area (Å²) in [7, 11) is 1.60. The molecule has 5 heteroatoms. The van der Waals surface area contributed by atoms with E-state index in [2.05, 4.69) is 0 Å². The largest absolute Gasteiger partial charge is 0.508 e. The van der Waals surface area contributed by atoms with E-state index in [9.17, 15) is 9.90 Å². The molecule has 2 aromatic carbocycles. The Hall–Kier alpha value is -2.69. The number of phenols is 2. The maximum atomic E-state index is 11.8. The Labute approximate surface area is 122 Å². The molecule has 110 valence electrons. The number of carbonyl (C=O) groups excluding carboxylic acids is 1. The summed E-state index contributed by atoms with van der Waals surface area (Å²) in [5.74, 6) is -0.266. The highest BCUT2D eigenvalue weighted by Crippen LogP contribution is 2.23. The molecule has 0 spiro atoms. The van der Waals surface area contributed by atoms with Crippen LogP contribution in [0.2, 0.25) is 0 Å². The van der Waals surface area contributed by atoms with E-state index < -0.39 is 5.97 Å². The van der Waals surface area contributed by atoms with Gasteiger partial charge in [0.15, 0.2) is 0 Å². The van der Waals surface area contributed by atoms with Crippen LogP contribution >= 0.6 is 0 Å².